The third-order valence-corrected chi connectivity index (χ3v) is 4.44. The van der Waals surface area contributed by atoms with E-state index in [0.717, 1.165) is 29.8 Å². The maximum Gasteiger partial charge on any atom is 0.159 e. The highest BCUT2D eigenvalue weighted by molar-refractivity contribution is 5.79. The van der Waals surface area contributed by atoms with Crippen LogP contribution in [0.15, 0.2) is 24.5 Å². The number of nitrogens with one attached hydrogen (secondary N) is 2. The number of hydrogen-bond donors (Lipinski definition) is 3. The molecule has 0 unspecified atom stereocenters. The van der Waals surface area contributed by atoms with Crippen molar-refractivity contribution in [2.45, 2.75) is 45.1 Å². The zero-order chi connectivity index (χ0) is 16.9. The van der Waals surface area contributed by atoms with Gasteiger partial charge in [-0.25, -0.2) is 9.97 Å². The molecule has 24 heavy (non-hydrogen) atoms. The molecule has 6 heteroatoms. The third-order valence-electron chi connectivity index (χ3n) is 4.44. The highest BCUT2D eigenvalue weighted by atomic mass is 16.5. The molecule has 1 aromatic carbocycles. The molecule has 1 saturated carbocycles. The monoisotopic (exact) mass is 327 g/mol. The maximum atomic E-state index is 6.29. The molecule has 1 fully saturated rings. The van der Waals surface area contributed by atoms with Crippen molar-refractivity contribution < 1.29 is 4.74 Å². The number of nitrogen functional groups attached to an aromatic ring is 1. The number of ether oxygens (including phenoxy) is 1. The Bertz CT molecular complexity index is 698. The Morgan fingerprint density at radius 1 is 1.12 bits per heavy atom. The second-order valence-corrected chi connectivity index (χ2v) is 6.29. The van der Waals surface area contributed by atoms with Crippen LogP contribution in [0.2, 0.25) is 0 Å². The van der Waals surface area contributed by atoms with Gasteiger partial charge in [-0.1, -0.05) is 25.3 Å². The van der Waals surface area contributed by atoms with E-state index in [1.54, 1.807) is 7.11 Å². The number of methoxy groups -OCH3 is 1. The van der Waals surface area contributed by atoms with Crippen LogP contribution in [-0.2, 0) is 0 Å². The topological polar surface area (TPSA) is 85.1 Å². The maximum absolute atomic E-state index is 6.29. The summed E-state index contributed by atoms with van der Waals surface area (Å²) >= 11 is 0. The number of nitrogens with two attached hydrogens (primary N) is 1. The summed E-state index contributed by atoms with van der Waals surface area (Å²) < 4.78 is 5.40. The smallest absolute Gasteiger partial charge is 0.159 e. The normalized spacial score (nSPS) is 15.1. The molecule has 128 valence electrons. The van der Waals surface area contributed by atoms with Crippen LogP contribution in [0.25, 0.3) is 0 Å². The fraction of sp³-hybridized carbons (Fsp3) is 0.444. The molecule has 0 atom stereocenters. The van der Waals surface area contributed by atoms with Crippen LogP contribution < -0.4 is 21.1 Å². The van der Waals surface area contributed by atoms with E-state index >= 15 is 0 Å². The zero-order valence-electron chi connectivity index (χ0n) is 14.3. The molecule has 1 aromatic heterocycles. The van der Waals surface area contributed by atoms with Crippen molar-refractivity contribution in [2.75, 3.05) is 23.5 Å². The number of aromatic nitrogens is 2. The van der Waals surface area contributed by atoms with Gasteiger partial charge in [0.15, 0.2) is 11.6 Å². The summed E-state index contributed by atoms with van der Waals surface area (Å²) in [6.45, 7) is 2.03. The van der Waals surface area contributed by atoms with Gasteiger partial charge >= 0.3 is 0 Å². The van der Waals surface area contributed by atoms with Crippen LogP contribution in [0.4, 0.5) is 23.0 Å². The number of aryl methyl sites for hydroxylation is 1. The van der Waals surface area contributed by atoms with Crippen LogP contribution in [0.1, 0.15) is 37.7 Å². The van der Waals surface area contributed by atoms with Crippen molar-refractivity contribution in [1.29, 1.82) is 0 Å². The zero-order valence-corrected chi connectivity index (χ0v) is 14.3. The minimum atomic E-state index is 0.442. The van der Waals surface area contributed by atoms with E-state index in [4.69, 9.17) is 10.5 Å². The summed E-state index contributed by atoms with van der Waals surface area (Å²) in [5.74, 6) is 2.04. The molecule has 3 rings (SSSR count). The summed E-state index contributed by atoms with van der Waals surface area (Å²) in [4.78, 5) is 8.61. The predicted molar refractivity (Wildman–Crippen MR) is 98.0 cm³/mol. The van der Waals surface area contributed by atoms with Gasteiger partial charge in [0.2, 0.25) is 0 Å². The van der Waals surface area contributed by atoms with Crippen LogP contribution >= 0.6 is 0 Å². The van der Waals surface area contributed by atoms with Gasteiger partial charge < -0.3 is 21.1 Å². The molecule has 0 radical (unpaired) electrons. The molecule has 0 amide bonds. The van der Waals surface area contributed by atoms with Crippen molar-refractivity contribution >= 4 is 23.0 Å². The predicted octanol–water partition coefficient (Wildman–Crippen LogP) is 3.86. The Labute approximate surface area is 142 Å². The second-order valence-electron chi connectivity index (χ2n) is 6.29. The summed E-state index contributed by atoms with van der Waals surface area (Å²) in [5, 5.41) is 6.74. The molecule has 0 aliphatic heterocycles. The van der Waals surface area contributed by atoms with Crippen molar-refractivity contribution in [3.05, 3.63) is 30.1 Å². The number of anilines is 4. The highest BCUT2D eigenvalue weighted by Crippen LogP contribution is 2.32. The highest BCUT2D eigenvalue weighted by Gasteiger charge is 2.17. The fourth-order valence-electron chi connectivity index (χ4n) is 3.10. The molecule has 2 aromatic rings. The summed E-state index contributed by atoms with van der Waals surface area (Å²) in [6.07, 6.45) is 7.70. The Kier molecular flexibility index (Phi) is 5.03. The standard InChI is InChI=1S/C18H25N5O/c1-12-8-9-15(24-2)14(10-12)23-18-16(19)17(20-11-21-18)22-13-6-4-3-5-7-13/h8-11,13H,3-7,19H2,1-2H3,(H2,20,21,22,23). The average molecular weight is 327 g/mol. The summed E-state index contributed by atoms with van der Waals surface area (Å²) in [5.41, 5.74) is 8.79. The molecular formula is C18H25N5O. The van der Waals surface area contributed by atoms with Gasteiger partial charge in [0.25, 0.3) is 0 Å². The van der Waals surface area contributed by atoms with E-state index in [1.807, 2.05) is 25.1 Å². The first-order valence-corrected chi connectivity index (χ1v) is 8.46. The molecule has 6 nitrogen and oxygen atoms in total. The van der Waals surface area contributed by atoms with Crippen molar-refractivity contribution in [3.63, 3.8) is 0 Å². The van der Waals surface area contributed by atoms with Crippen LogP contribution in [0.5, 0.6) is 5.75 Å². The molecule has 0 spiro atoms. The average Bonchev–Trinajstić information content (AvgIpc) is 2.60. The lowest BCUT2D eigenvalue weighted by Gasteiger charge is -2.24. The minimum Gasteiger partial charge on any atom is -0.495 e. The van der Waals surface area contributed by atoms with Crippen molar-refractivity contribution in [3.8, 4) is 5.75 Å². The van der Waals surface area contributed by atoms with Crippen molar-refractivity contribution in [1.82, 2.24) is 9.97 Å². The third kappa shape index (κ3) is 3.69. The fourth-order valence-corrected chi connectivity index (χ4v) is 3.10. The molecule has 4 N–H and O–H groups in total. The van der Waals surface area contributed by atoms with Crippen LogP contribution in [0.3, 0.4) is 0 Å². The SMILES string of the molecule is COc1ccc(C)cc1Nc1ncnc(NC2CCCCC2)c1N. The summed E-state index contributed by atoms with van der Waals surface area (Å²) in [7, 11) is 1.65. The van der Waals surface area contributed by atoms with Gasteiger partial charge in [-0.15, -0.1) is 0 Å². The first-order chi connectivity index (χ1) is 11.7. The van der Waals surface area contributed by atoms with E-state index in [1.165, 1.54) is 25.6 Å². The van der Waals surface area contributed by atoms with Gasteiger partial charge in [-0.2, -0.15) is 0 Å². The Morgan fingerprint density at radius 2 is 1.88 bits per heavy atom. The first-order valence-electron chi connectivity index (χ1n) is 8.46. The molecule has 1 heterocycles. The second kappa shape index (κ2) is 7.38. The van der Waals surface area contributed by atoms with Gasteiger partial charge in [0.05, 0.1) is 12.8 Å². The van der Waals surface area contributed by atoms with Gasteiger partial charge in [0.1, 0.15) is 17.8 Å². The van der Waals surface area contributed by atoms with Crippen LogP contribution in [0, 0.1) is 6.92 Å². The van der Waals surface area contributed by atoms with Gasteiger partial charge in [-0.3, -0.25) is 0 Å². The number of hydrogen-bond acceptors (Lipinski definition) is 6. The van der Waals surface area contributed by atoms with E-state index in [2.05, 4.69) is 20.6 Å². The Morgan fingerprint density at radius 3 is 2.62 bits per heavy atom. The van der Waals surface area contributed by atoms with Crippen molar-refractivity contribution in [2.24, 2.45) is 0 Å². The molecular weight excluding hydrogens is 302 g/mol. The van der Waals surface area contributed by atoms with Gasteiger partial charge in [0, 0.05) is 6.04 Å². The molecule has 0 bridgehead atoms. The van der Waals surface area contributed by atoms with E-state index in [0.29, 0.717) is 23.4 Å². The lowest BCUT2D eigenvalue weighted by Crippen LogP contribution is -2.23. The largest absolute Gasteiger partial charge is 0.495 e. The number of benzene rings is 1. The molecule has 0 saturated heterocycles. The molecule has 1 aliphatic carbocycles. The van der Waals surface area contributed by atoms with E-state index < -0.39 is 0 Å². The van der Waals surface area contributed by atoms with E-state index in [9.17, 15) is 0 Å². The quantitative estimate of drug-likeness (QED) is 0.773. The minimum absolute atomic E-state index is 0.442. The van der Waals surface area contributed by atoms with Crippen LogP contribution in [-0.4, -0.2) is 23.1 Å². The van der Waals surface area contributed by atoms with E-state index in [-0.39, 0.29) is 0 Å². The van der Waals surface area contributed by atoms with Gasteiger partial charge in [-0.05, 0) is 37.5 Å². The first kappa shape index (κ1) is 16.4. The molecule has 1 aliphatic rings. The Hall–Kier alpha value is -2.50. The number of rotatable bonds is 5. The lowest BCUT2D eigenvalue weighted by molar-refractivity contribution is 0.416. The Balaban J connectivity index is 1.81. The summed E-state index contributed by atoms with van der Waals surface area (Å²) in [6, 6.07) is 6.38. The lowest BCUT2D eigenvalue weighted by atomic mass is 9.95. The number of nitrogens with zero attached hydrogens (tertiary/aromatic N) is 2.